The first-order chi connectivity index (χ1) is 13.8. The SMILES string of the molecule is O=C(NCCc1ccc2c(c1)OCO2)c1csc(-c2ccc3c(c2)OCO3)n1. The number of amides is 1. The van der Waals surface area contributed by atoms with Gasteiger partial charge in [0.05, 0.1) is 0 Å². The number of nitrogens with one attached hydrogen (secondary N) is 1. The number of thiazole rings is 1. The van der Waals surface area contributed by atoms with E-state index in [4.69, 9.17) is 18.9 Å². The van der Waals surface area contributed by atoms with Crippen LogP contribution in [-0.4, -0.2) is 31.0 Å². The molecule has 3 heterocycles. The molecule has 5 rings (SSSR count). The van der Waals surface area contributed by atoms with E-state index in [-0.39, 0.29) is 19.5 Å². The number of aromatic nitrogens is 1. The Morgan fingerprint density at radius 2 is 1.68 bits per heavy atom. The van der Waals surface area contributed by atoms with Crippen molar-refractivity contribution < 1.29 is 23.7 Å². The van der Waals surface area contributed by atoms with Gasteiger partial charge in [-0.25, -0.2) is 4.98 Å². The van der Waals surface area contributed by atoms with Gasteiger partial charge in [-0.05, 0) is 42.3 Å². The van der Waals surface area contributed by atoms with Crippen LogP contribution < -0.4 is 24.3 Å². The number of fused-ring (bicyclic) bond motifs is 2. The average molecular weight is 396 g/mol. The van der Waals surface area contributed by atoms with E-state index < -0.39 is 0 Å². The van der Waals surface area contributed by atoms with E-state index in [0.29, 0.717) is 24.4 Å². The van der Waals surface area contributed by atoms with E-state index >= 15 is 0 Å². The summed E-state index contributed by atoms with van der Waals surface area (Å²) in [4.78, 5) is 16.9. The second-order valence-electron chi connectivity index (χ2n) is 6.30. The lowest BCUT2D eigenvalue weighted by molar-refractivity contribution is 0.0950. The Kier molecular flexibility index (Phi) is 4.25. The molecule has 0 saturated heterocycles. The van der Waals surface area contributed by atoms with Gasteiger partial charge >= 0.3 is 0 Å². The Hall–Kier alpha value is -3.26. The maximum atomic E-state index is 12.4. The lowest BCUT2D eigenvalue weighted by Crippen LogP contribution is -2.25. The van der Waals surface area contributed by atoms with Crippen LogP contribution >= 0.6 is 11.3 Å². The molecule has 0 radical (unpaired) electrons. The Morgan fingerprint density at radius 3 is 2.50 bits per heavy atom. The zero-order valence-electron chi connectivity index (χ0n) is 14.8. The summed E-state index contributed by atoms with van der Waals surface area (Å²) in [6.45, 7) is 0.994. The smallest absolute Gasteiger partial charge is 0.270 e. The molecule has 2 aliphatic heterocycles. The maximum absolute atomic E-state index is 12.4. The summed E-state index contributed by atoms with van der Waals surface area (Å²) in [7, 11) is 0. The largest absolute Gasteiger partial charge is 0.454 e. The molecule has 1 N–H and O–H groups in total. The van der Waals surface area contributed by atoms with E-state index in [2.05, 4.69) is 10.3 Å². The van der Waals surface area contributed by atoms with E-state index in [0.717, 1.165) is 33.4 Å². The van der Waals surface area contributed by atoms with Gasteiger partial charge < -0.3 is 24.3 Å². The number of carbonyl (C=O) groups is 1. The zero-order chi connectivity index (χ0) is 18.9. The summed E-state index contributed by atoms with van der Waals surface area (Å²) in [5, 5.41) is 5.43. The van der Waals surface area contributed by atoms with Crippen molar-refractivity contribution >= 4 is 17.2 Å². The molecule has 0 fully saturated rings. The highest BCUT2D eigenvalue weighted by atomic mass is 32.1. The molecule has 1 aromatic heterocycles. The minimum absolute atomic E-state index is 0.191. The number of hydrogen-bond acceptors (Lipinski definition) is 7. The number of nitrogens with zero attached hydrogens (tertiary/aromatic N) is 1. The van der Waals surface area contributed by atoms with Crippen LogP contribution in [0.2, 0.25) is 0 Å². The fourth-order valence-electron chi connectivity index (χ4n) is 3.05. The topological polar surface area (TPSA) is 78.9 Å². The maximum Gasteiger partial charge on any atom is 0.270 e. The second-order valence-corrected chi connectivity index (χ2v) is 7.16. The first kappa shape index (κ1) is 16.9. The lowest BCUT2D eigenvalue weighted by Gasteiger charge is -2.05. The average Bonchev–Trinajstić information content (AvgIpc) is 3.46. The Morgan fingerprint density at radius 1 is 0.964 bits per heavy atom. The van der Waals surface area contributed by atoms with Crippen LogP contribution in [-0.2, 0) is 6.42 Å². The van der Waals surface area contributed by atoms with Crippen LogP contribution in [0.5, 0.6) is 23.0 Å². The third kappa shape index (κ3) is 3.22. The molecule has 8 heteroatoms. The van der Waals surface area contributed by atoms with Crippen LogP contribution in [0.25, 0.3) is 10.6 Å². The van der Waals surface area contributed by atoms with E-state index in [1.807, 2.05) is 36.4 Å². The Bertz CT molecular complexity index is 1050. The predicted molar refractivity (Wildman–Crippen MR) is 102 cm³/mol. The number of rotatable bonds is 5. The molecule has 0 bridgehead atoms. The highest BCUT2D eigenvalue weighted by Gasteiger charge is 2.17. The quantitative estimate of drug-likeness (QED) is 0.713. The van der Waals surface area contributed by atoms with Gasteiger partial charge in [-0.1, -0.05) is 6.07 Å². The van der Waals surface area contributed by atoms with Crippen molar-refractivity contribution in [2.24, 2.45) is 0 Å². The highest BCUT2D eigenvalue weighted by molar-refractivity contribution is 7.13. The van der Waals surface area contributed by atoms with Crippen LogP contribution in [0, 0.1) is 0 Å². The third-order valence-electron chi connectivity index (χ3n) is 4.49. The van der Waals surface area contributed by atoms with Crippen molar-refractivity contribution in [1.82, 2.24) is 10.3 Å². The van der Waals surface area contributed by atoms with Gasteiger partial charge in [0, 0.05) is 17.5 Å². The van der Waals surface area contributed by atoms with Gasteiger partial charge in [0.1, 0.15) is 10.7 Å². The van der Waals surface area contributed by atoms with Gasteiger partial charge in [0.2, 0.25) is 13.6 Å². The monoisotopic (exact) mass is 396 g/mol. The molecule has 0 spiro atoms. The van der Waals surface area contributed by atoms with Crippen molar-refractivity contribution in [2.75, 3.05) is 20.1 Å². The van der Waals surface area contributed by atoms with E-state index in [1.54, 1.807) is 5.38 Å². The molecule has 0 saturated carbocycles. The molecular weight excluding hydrogens is 380 g/mol. The summed E-state index contributed by atoms with van der Waals surface area (Å²) in [5.74, 6) is 2.73. The van der Waals surface area contributed by atoms with Crippen LogP contribution in [0.4, 0.5) is 0 Å². The molecule has 1 amide bonds. The fraction of sp³-hybridized carbons (Fsp3) is 0.200. The standard InChI is InChI=1S/C20H16N2O5S/c23-19(21-6-5-12-1-3-15-17(7-12)26-10-24-15)14-9-28-20(22-14)13-2-4-16-18(8-13)27-11-25-16/h1-4,7-9H,5-6,10-11H2,(H,21,23). The molecule has 0 aliphatic carbocycles. The molecule has 28 heavy (non-hydrogen) atoms. The number of benzene rings is 2. The van der Waals surface area contributed by atoms with Crippen molar-refractivity contribution in [3.05, 3.63) is 53.0 Å². The van der Waals surface area contributed by atoms with Gasteiger partial charge in [0.25, 0.3) is 5.91 Å². The van der Waals surface area contributed by atoms with Gasteiger partial charge in [-0.15, -0.1) is 11.3 Å². The lowest BCUT2D eigenvalue weighted by atomic mass is 10.1. The fourth-order valence-corrected chi connectivity index (χ4v) is 3.84. The summed E-state index contributed by atoms with van der Waals surface area (Å²) in [6.07, 6.45) is 0.696. The minimum atomic E-state index is -0.191. The molecule has 2 aromatic carbocycles. The molecule has 3 aromatic rings. The Balaban J connectivity index is 1.20. The first-order valence-electron chi connectivity index (χ1n) is 8.78. The summed E-state index contributed by atoms with van der Waals surface area (Å²) in [6, 6.07) is 11.4. The molecule has 7 nitrogen and oxygen atoms in total. The van der Waals surface area contributed by atoms with Crippen LogP contribution in [0.3, 0.4) is 0 Å². The van der Waals surface area contributed by atoms with Crippen LogP contribution in [0.1, 0.15) is 16.1 Å². The number of hydrogen-bond donors (Lipinski definition) is 1. The normalized spacial score (nSPS) is 13.6. The van der Waals surface area contributed by atoms with Crippen molar-refractivity contribution in [3.63, 3.8) is 0 Å². The van der Waals surface area contributed by atoms with Gasteiger partial charge in [-0.2, -0.15) is 0 Å². The summed E-state index contributed by atoms with van der Waals surface area (Å²) < 4.78 is 21.4. The highest BCUT2D eigenvalue weighted by Crippen LogP contribution is 2.36. The van der Waals surface area contributed by atoms with E-state index in [9.17, 15) is 4.79 Å². The van der Waals surface area contributed by atoms with E-state index in [1.165, 1.54) is 11.3 Å². The second kappa shape index (κ2) is 7.05. The molecule has 0 unspecified atom stereocenters. The Labute approximate surface area is 164 Å². The van der Waals surface area contributed by atoms with Crippen LogP contribution in [0.15, 0.2) is 41.8 Å². The zero-order valence-corrected chi connectivity index (χ0v) is 15.6. The summed E-state index contributed by atoms with van der Waals surface area (Å²) in [5.41, 5.74) is 2.38. The molecule has 0 atom stereocenters. The summed E-state index contributed by atoms with van der Waals surface area (Å²) >= 11 is 1.42. The third-order valence-corrected chi connectivity index (χ3v) is 5.38. The molecule has 2 aliphatic rings. The van der Waals surface area contributed by atoms with Gasteiger partial charge in [-0.3, -0.25) is 4.79 Å². The van der Waals surface area contributed by atoms with Crippen molar-refractivity contribution in [1.29, 1.82) is 0 Å². The molecular formula is C20H16N2O5S. The predicted octanol–water partition coefficient (Wildman–Crippen LogP) is 3.24. The number of ether oxygens (including phenoxy) is 4. The molecule has 142 valence electrons. The first-order valence-corrected chi connectivity index (χ1v) is 9.66. The van der Waals surface area contributed by atoms with Gasteiger partial charge in [0.15, 0.2) is 23.0 Å². The van der Waals surface area contributed by atoms with Crippen molar-refractivity contribution in [2.45, 2.75) is 6.42 Å². The minimum Gasteiger partial charge on any atom is -0.454 e. The number of carbonyl (C=O) groups excluding carboxylic acids is 1. The van der Waals surface area contributed by atoms with Crippen molar-refractivity contribution in [3.8, 4) is 33.6 Å².